The van der Waals surface area contributed by atoms with Crippen molar-refractivity contribution in [3.63, 3.8) is 0 Å². The lowest BCUT2D eigenvalue weighted by Gasteiger charge is -2.06. The molecule has 0 aliphatic heterocycles. The smallest absolute Gasteiger partial charge is 0.341 e. The van der Waals surface area contributed by atoms with Crippen LogP contribution in [0.5, 0.6) is 5.88 Å². The maximum absolute atomic E-state index is 10.8. The van der Waals surface area contributed by atoms with Crippen molar-refractivity contribution in [2.45, 2.75) is 6.42 Å². The van der Waals surface area contributed by atoms with Crippen LogP contribution in [0.4, 0.5) is 5.69 Å². The molecule has 0 spiro atoms. The van der Waals surface area contributed by atoms with E-state index in [9.17, 15) is 14.9 Å². The van der Waals surface area contributed by atoms with Gasteiger partial charge in [0.1, 0.15) is 11.8 Å². The summed E-state index contributed by atoms with van der Waals surface area (Å²) in [5.74, 6) is -1.56. The molecule has 2 N–H and O–H groups in total. The molecule has 1 aromatic rings. The Morgan fingerprint density at radius 3 is 2.82 bits per heavy atom. The van der Waals surface area contributed by atoms with Crippen LogP contribution in [-0.4, -0.2) is 39.3 Å². The van der Waals surface area contributed by atoms with Crippen LogP contribution >= 0.6 is 0 Å². The summed E-state index contributed by atoms with van der Waals surface area (Å²) >= 11 is 0. The van der Waals surface area contributed by atoms with Gasteiger partial charge in [0.05, 0.1) is 11.5 Å². The van der Waals surface area contributed by atoms with E-state index in [1.54, 1.807) is 0 Å². The van der Waals surface area contributed by atoms with Crippen molar-refractivity contribution in [3.8, 4) is 5.88 Å². The van der Waals surface area contributed by atoms with Crippen molar-refractivity contribution in [2.24, 2.45) is 0 Å². The molecule has 0 fully saturated rings. The van der Waals surface area contributed by atoms with Crippen molar-refractivity contribution in [2.75, 3.05) is 13.2 Å². The zero-order valence-electron chi connectivity index (χ0n) is 8.70. The normalized spacial score (nSPS) is 9.94. The number of pyridine rings is 1. The molecule has 0 atom stereocenters. The molecule has 1 rings (SSSR count). The maximum Gasteiger partial charge on any atom is 0.341 e. The van der Waals surface area contributed by atoms with Crippen LogP contribution in [0.1, 0.15) is 16.8 Å². The molecule has 0 bridgehead atoms. The first-order chi connectivity index (χ1) is 8.06. The molecule has 0 saturated carbocycles. The molecular formula is C9H10N2O6. The Labute approximate surface area is 95.6 Å². The molecule has 0 unspecified atom stereocenters. The summed E-state index contributed by atoms with van der Waals surface area (Å²) in [4.78, 5) is 24.1. The van der Waals surface area contributed by atoms with Crippen LogP contribution in [0.15, 0.2) is 12.3 Å². The highest BCUT2D eigenvalue weighted by Gasteiger charge is 2.18. The highest BCUT2D eigenvalue weighted by Crippen LogP contribution is 2.21. The lowest BCUT2D eigenvalue weighted by Crippen LogP contribution is -2.08. The van der Waals surface area contributed by atoms with E-state index >= 15 is 0 Å². The number of nitrogens with zero attached hydrogens (tertiary/aromatic N) is 2. The quantitative estimate of drug-likeness (QED) is 0.421. The molecule has 92 valence electrons. The predicted octanol–water partition coefficient (Wildman–Crippen LogP) is 0.449. The van der Waals surface area contributed by atoms with Gasteiger partial charge in [0.25, 0.3) is 5.69 Å². The number of hydrogen-bond acceptors (Lipinski definition) is 6. The van der Waals surface area contributed by atoms with Gasteiger partial charge in [-0.15, -0.1) is 0 Å². The number of carboxylic acid groups (broad SMARTS) is 1. The van der Waals surface area contributed by atoms with Crippen LogP contribution in [-0.2, 0) is 0 Å². The topological polar surface area (TPSA) is 123 Å². The second-order valence-corrected chi connectivity index (χ2v) is 3.03. The van der Waals surface area contributed by atoms with Gasteiger partial charge in [-0.1, -0.05) is 0 Å². The summed E-state index contributed by atoms with van der Waals surface area (Å²) in [6, 6.07) is 0.879. The van der Waals surface area contributed by atoms with Gasteiger partial charge in [0.15, 0.2) is 0 Å². The van der Waals surface area contributed by atoms with E-state index in [0.717, 1.165) is 12.3 Å². The van der Waals surface area contributed by atoms with E-state index in [2.05, 4.69) is 4.98 Å². The lowest BCUT2D eigenvalue weighted by atomic mass is 10.2. The third-order valence-corrected chi connectivity index (χ3v) is 1.82. The van der Waals surface area contributed by atoms with E-state index < -0.39 is 16.6 Å². The molecule has 1 heterocycles. The summed E-state index contributed by atoms with van der Waals surface area (Å²) in [6.07, 6.45) is 1.23. The Balaban J connectivity index is 2.96. The minimum absolute atomic E-state index is 0.0849. The molecule has 0 aliphatic carbocycles. The maximum atomic E-state index is 10.8. The Hall–Kier alpha value is -2.22. The van der Waals surface area contributed by atoms with Gasteiger partial charge in [-0.2, -0.15) is 0 Å². The van der Waals surface area contributed by atoms with E-state index in [1.807, 2.05) is 0 Å². The van der Waals surface area contributed by atoms with Crippen LogP contribution < -0.4 is 4.74 Å². The number of aliphatic hydroxyl groups excluding tert-OH is 1. The number of ether oxygens (including phenoxy) is 1. The summed E-state index contributed by atoms with van der Waals surface area (Å²) in [5.41, 5.74) is -0.797. The second-order valence-electron chi connectivity index (χ2n) is 3.03. The van der Waals surface area contributed by atoms with Gasteiger partial charge < -0.3 is 14.9 Å². The van der Waals surface area contributed by atoms with Crippen LogP contribution in [0.2, 0.25) is 0 Å². The summed E-state index contributed by atoms with van der Waals surface area (Å²) in [6.45, 7) is -0.0169. The fourth-order valence-corrected chi connectivity index (χ4v) is 1.04. The molecule has 8 heteroatoms. The van der Waals surface area contributed by atoms with Crippen molar-refractivity contribution in [1.29, 1.82) is 0 Å². The second kappa shape index (κ2) is 5.75. The largest absolute Gasteiger partial charge is 0.477 e. The van der Waals surface area contributed by atoms with Gasteiger partial charge >= 0.3 is 5.97 Å². The van der Waals surface area contributed by atoms with Crippen molar-refractivity contribution in [3.05, 3.63) is 27.9 Å². The van der Waals surface area contributed by atoms with Gasteiger partial charge in [-0.25, -0.2) is 9.78 Å². The Morgan fingerprint density at radius 1 is 1.59 bits per heavy atom. The number of carboxylic acids is 1. The average molecular weight is 242 g/mol. The Morgan fingerprint density at radius 2 is 2.29 bits per heavy atom. The number of carbonyl (C=O) groups is 1. The summed E-state index contributed by atoms with van der Waals surface area (Å²) < 4.78 is 5.00. The van der Waals surface area contributed by atoms with Gasteiger partial charge in [-0.3, -0.25) is 10.1 Å². The first-order valence-electron chi connectivity index (χ1n) is 4.67. The molecule has 0 amide bonds. The minimum Gasteiger partial charge on any atom is -0.477 e. The molecule has 17 heavy (non-hydrogen) atoms. The molecule has 1 aromatic heterocycles. The third kappa shape index (κ3) is 3.38. The number of hydrogen-bond donors (Lipinski definition) is 2. The van der Waals surface area contributed by atoms with E-state index in [0.29, 0.717) is 6.42 Å². The van der Waals surface area contributed by atoms with Crippen molar-refractivity contribution in [1.82, 2.24) is 4.98 Å². The monoisotopic (exact) mass is 242 g/mol. The Bertz CT molecular complexity index is 433. The summed E-state index contributed by atoms with van der Waals surface area (Å²) in [7, 11) is 0. The van der Waals surface area contributed by atoms with E-state index in [1.165, 1.54) is 0 Å². The number of rotatable bonds is 6. The number of nitro groups is 1. The fraction of sp³-hybridized carbons (Fsp3) is 0.333. The first-order valence-corrected chi connectivity index (χ1v) is 4.67. The standard InChI is InChI=1S/C9H10N2O6/c12-2-1-3-17-8-7(9(13)14)4-6(5-10-8)11(15)16/h4-5,12H,1-3H2,(H,13,14). The number of aliphatic hydroxyl groups is 1. The van der Waals surface area contributed by atoms with Crippen molar-refractivity contribution < 1.29 is 24.7 Å². The highest BCUT2D eigenvalue weighted by atomic mass is 16.6. The van der Waals surface area contributed by atoms with Crippen molar-refractivity contribution >= 4 is 11.7 Å². The summed E-state index contributed by atoms with van der Waals surface area (Å²) in [5, 5.41) is 27.8. The number of aromatic nitrogens is 1. The van der Waals surface area contributed by atoms with Gasteiger partial charge in [-0.05, 0) is 0 Å². The molecule has 0 saturated heterocycles. The number of aromatic carboxylic acids is 1. The minimum atomic E-state index is -1.36. The zero-order chi connectivity index (χ0) is 12.8. The van der Waals surface area contributed by atoms with Crippen LogP contribution in [0, 0.1) is 10.1 Å². The molecule has 8 nitrogen and oxygen atoms in total. The van der Waals surface area contributed by atoms with Crippen LogP contribution in [0.25, 0.3) is 0 Å². The van der Waals surface area contributed by atoms with Crippen LogP contribution in [0.3, 0.4) is 0 Å². The molecule has 0 aliphatic rings. The Kier molecular flexibility index (Phi) is 4.35. The van der Waals surface area contributed by atoms with E-state index in [-0.39, 0.29) is 24.7 Å². The molecular weight excluding hydrogens is 232 g/mol. The third-order valence-electron chi connectivity index (χ3n) is 1.82. The highest BCUT2D eigenvalue weighted by molar-refractivity contribution is 5.90. The van der Waals surface area contributed by atoms with Gasteiger partial charge in [0, 0.05) is 19.1 Å². The molecule has 0 aromatic carbocycles. The molecule has 0 radical (unpaired) electrons. The fourth-order valence-electron chi connectivity index (χ4n) is 1.04. The average Bonchev–Trinajstić information content (AvgIpc) is 2.29. The van der Waals surface area contributed by atoms with Gasteiger partial charge in [0.2, 0.25) is 5.88 Å². The SMILES string of the molecule is O=C(O)c1cc([N+](=O)[O-])cnc1OCCCO. The lowest BCUT2D eigenvalue weighted by molar-refractivity contribution is -0.385. The van der Waals surface area contributed by atoms with E-state index in [4.69, 9.17) is 14.9 Å². The first kappa shape index (κ1) is 12.8. The predicted molar refractivity (Wildman–Crippen MR) is 55.0 cm³/mol. The zero-order valence-corrected chi connectivity index (χ0v) is 8.70.